The summed E-state index contributed by atoms with van der Waals surface area (Å²) in [5, 5.41) is 0. The van der Waals surface area contributed by atoms with Gasteiger partial charge in [0.2, 0.25) is 0 Å². The predicted molar refractivity (Wildman–Crippen MR) is 56.0 cm³/mol. The molecule has 0 radical (unpaired) electrons. The van der Waals surface area contributed by atoms with Crippen LogP contribution < -0.4 is 0 Å². The van der Waals surface area contributed by atoms with Gasteiger partial charge in [0.15, 0.2) is 0 Å². The minimum Gasteiger partial charge on any atom is -0.398 e. The molecule has 78 valence electrons. The average Bonchev–Trinajstić information content (AvgIpc) is 2.11. The highest BCUT2D eigenvalue weighted by molar-refractivity contribution is 6.45. The van der Waals surface area contributed by atoms with Crippen molar-refractivity contribution in [2.45, 2.75) is 26.0 Å². The summed E-state index contributed by atoms with van der Waals surface area (Å²) in [6, 6.07) is 0. The third kappa shape index (κ3) is 5.20. The molecule has 0 aliphatic carbocycles. The number of hydrogen-bond donors (Lipinski definition) is 0. The molecule has 0 heterocycles. The molecule has 4 heteroatoms. The Morgan fingerprint density at radius 3 is 2.23 bits per heavy atom. The smallest absolute Gasteiger partial charge is 0.350 e. The number of rotatable bonds is 7. The van der Waals surface area contributed by atoms with Crippen LogP contribution in [-0.4, -0.2) is 35.8 Å². The monoisotopic (exact) mass is 204 g/mol. The van der Waals surface area contributed by atoms with Gasteiger partial charge in [-0.3, -0.25) is 0 Å². The maximum Gasteiger partial charge on any atom is 0.350 e. The van der Waals surface area contributed by atoms with E-state index >= 15 is 0 Å². The van der Waals surface area contributed by atoms with E-state index < -0.39 is 9.28 Å². The highest BCUT2D eigenvalue weighted by Crippen LogP contribution is 2.06. The maximum atomic E-state index is 5.61. The topological polar surface area (TPSA) is 27.7 Å². The summed E-state index contributed by atoms with van der Waals surface area (Å²) >= 11 is 0. The average molecular weight is 204 g/mol. The first kappa shape index (κ1) is 12.8. The van der Waals surface area contributed by atoms with Crippen LogP contribution in [0.1, 0.15) is 20.3 Å². The van der Waals surface area contributed by atoms with E-state index in [0.717, 1.165) is 12.0 Å². The van der Waals surface area contributed by atoms with E-state index in [0.29, 0.717) is 6.61 Å². The van der Waals surface area contributed by atoms with Crippen LogP contribution >= 0.6 is 0 Å². The summed E-state index contributed by atoms with van der Waals surface area (Å²) < 4.78 is 16.1. The Morgan fingerprint density at radius 2 is 1.92 bits per heavy atom. The van der Waals surface area contributed by atoms with Crippen LogP contribution in [-0.2, 0) is 13.6 Å². The fourth-order valence-electron chi connectivity index (χ4n) is 1.04. The molecule has 0 saturated heterocycles. The van der Waals surface area contributed by atoms with Crippen LogP contribution in [0, 0.1) is 0 Å². The standard InChI is InChI=1S/C9H20O3Si/c1-6-9(12-7-8(2)3)13(10-4)11-5/h9,13H,2,6-7H2,1,3-5H3. The molecule has 0 aromatic heterocycles. The lowest BCUT2D eigenvalue weighted by Gasteiger charge is -2.21. The van der Waals surface area contributed by atoms with Crippen molar-refractivity contribution in [2.24, 2.45) is 0 Å². The quantitative estimate of drug-likeness (QED) is 0.463. The molecule has 0 saturated carbocycles. The van der Waals surface area contributed by atoms with Crippen molar-refractivity contribution >= 4 is 9.28 Å². The molecule has 1 atom stereocenters. The molecular weight excluding hydrogens is 184 g/mol. The summed E-state index contributed by atoms with van der Waals surface area (Å²) in [5.41, 5.74) is 1.14. The van der Waals surface area contributed by atoms with Crippen LogP contribution in [0.25, 0.3) is 0 Å². The molecule has 13 heavy (non-hydrogen) atoms. The van der Waals surface area contributed by atoms with Crippen molar-refractivity contribution in [1.82, 2.24) is 0 Å². The lowest BCUT2D eigenvalue weighted by Crippen LogP contribution is -2.37. The Morgan fingerprint density at radius 1 is 1.38 bits per heavy atom. The second-order valence-electron chi connectivity index (χ2n) is 3.05. The van der Waals surface area contributed by atoms with Gasteiger partial charge in [-0.1, -0.05) is 19.1 Å². The van der Waals surface area contributed by atoms with Gasteiger partial charge in [0, 0.05) is 14.2 Å². The molecule has 0 aromatic rings. The first-order valence-electron chi connectivity index (χ1n) is 4.47. The van der Waals surface area contributed by atoms with E-state index in [1.807, 2.05) is 6.92 Å². The van der Waals surface area contributed by atoms with E-state index in [9.17, 15) is 0 Å². The van der Waals surface area contributed by atoms with Gasteiger partial charge in [-0.25, -0.2) is 0 Å². The van der Waals surface area contributed by atoms with Crippen LogP contribution in [0.15, 0.2) is 12.2 Å². The summed E-state index contributed by atoms with van der Waals surface area (Å²) in [7, 11) is 1.72. The zero-order valence-electron chi connectivity index (χ0n) is 9.00. The van der Waals surface area contributed by atoms with Gasteiger partial charge in [-0.15, -0.1) is 0 Å². The Kier molecular flexibility index (Phi) is 7.17. The molecule has 0 N–H and O–H groups in total. The van der Waals surface area contributed by atoms with Gasteiger partial charge in [-0.2, -0.15) is 0 Å². The Hall–Kier alpha value is -0.163. The summed E-state index contributed by atoms with van der Waals surface area (Å²) in [4.78, 5) is 0. The zero-order chi connectivity index (χ0) is 10.3. The number of ether oxygens (including phenoxy) is 1. The fourth-order valence-corrected chi connectivity index (χ4v) is 2.48. The van der Waals surface area contributed by atoms with E-state index in [2.05, 4.69) is 13.5 Å². The van der Waals surface area contributed by atoms with Gasteiger partial charge in [0.05, 0.1) is 12.3 Å². The highest BCUT2D eigenvalue weighted by Gasteiger charge is 2.23. The van der Waals surface area contributed by atoms with Crippen molar-refractivity contribution in [1.29, 1.82) is 0 Å². The Bertz CT molecular complexity index is 146. The summed E-state index contributed by atoms with van der Waals surface area (Å²) in [5.74, 6) is 0. The van der Waals surface area contributed by atoms with E-state index in [-0.39, 0.29) is 5.73 Å². The van der Waals surface area contributed by atoms with Crippen LogP contribution in [0.5, 0.6) is 0 Å². The Balaban J connectivity index is 3.92. The largest absolute Gasteiger partial charge is 0.398 e. The third-order valence-electron chi connectivity index (χ3n) is 1.71. The molecule has 0 spiro atoms. The van der Waals surface area contributed by atoms with Crippen molar-refractivity contribution < 1.29 is 13.6 Å². The molecule has 3 nitrogen and oxygen atoms in total. The van der Waals surface area contributed by atoms with Crippen LogP contribution in [0.2, 0.25) is 0 Å². The first-order chi connectivity index (χ1) is 6.15. The second-order valence-corrected chi connectivity index (χ2v) is 5.48. The molecule has 0 aliphatic heterocycles. The maximum absolute atomic E-state index is 5.61. The molecule has 0 aromatic carbocycles. The molecule has 0 aliphatic rings. The molecular formula is C9H20O3Si. The van der Waals surface area contributed by atoms with Crippen molar-refractivity contribution in [3.63, 3.8) is 0 Å². The lowest BCUT2D eigenvalue weighted by atomic mass is 10.4. The van der Waals surface area contributed by atoms with Gasteiger partial charge >= 0.3 is 9.28 Å². The van der Waals surface area contributed by atoms with Gasteiger partial charge in [0.1, 0.15) is 0 Å². The molecule has 0 bridgehead atoms. The van der Waals surface area contributed by atoms with Crippen LogP contribution in [0.3, 0.4) is 0 Å². The van der Waals surface area contributed by atoms with E-state index in [1.54, 1.807) is 14.2 Å². The molecule has 1 unspecified atom stereocenters. The molecule has 0 rings (SSSR count). The van der Waals surface area contributed by atoms with E-state index in [4.69, 9.17) is 13.6 Å². The first-order valence-corrected chi connectivity index (χ1v) is 6.08. The van der Waals surface area contributed by atoms with Crippen molar-refractivity contribution in [3.8, 4) is 0 Å². The minimum atomic E-state index is -1.63. The zero-order valence-corrected chi connectivity index (χ0v) is 10.2. The summed E-state index contributed by atoms with van der Waals surface area (Å²) in [6.45, 7) is 8.39. The second kappa shape index (κ2) is 7.26. The van der Waals surface area contributed by atoms with Crippen molar-refractivity contribution in [2.75, 3.05) is 20.8 Å². The summed E-state index contributed by atoms with van der Waals surface area (Å²) in [6.07, 6.45) is 0.922. The van der Waals surface area contributed by atoms with Gasteiger partial charge in [-0.05, 0) is 13.3 Å². The van der Waals surface area contributed by atoms with E-state index in [1.165, 1.54) is 0 Å². The lowest BCUT2D eigenvalue weighted by molar-refractivity contribution is 0.0831. The SMILES string of the molecule is C=C(C)COC(CC)[SiH](OC)OC. The van der Waals surface area contributed by atoms with Gasteiger partial charge in [0.25, 0.3) is 0 Å². The molecule has 0 fully saturated rings. The fraction of sp³-hybridized carbons (Fsp3) is 0.778. The predicted octanol–water partition coefficient (Wildman–Crippen LogP) is 1.41. The highest BCUT2D eigenvalue weighted by atomic mass is 28.3. The normalized spacial score (nSPS) is 13.3. The van der Waals surface area contributed by atoms with Gasteiger partial charge < -0.3 is 13.6 Å². The third-order valence-corrected chi connectivity index (χ3v) is 3.91. The van der Waals surface area contributed by atoms with Crippen molar-refractivity contribution in [3.05, 3.63) is 12.2 Å². The van der Waals surface area contributed by atoms with Crippen LogP contribution in [0.4, 0.5) is 0 Å². The number of hydrogen-bond acceptors (Lipinski definition) is 3. The Labute approximate surface area is 82.5 Å². The minimum absolute atomic E-state index is 0.117. The molecule has 0 amide bonds.